The van der Waals surface area contributed by atoms with Crippen molar-refractivity contribution in [3.63, 3.8) is 0 Å². The van der Waals surface area contributed by atoms with Gasteiger partial charge in [-0.1, -0.05) is 176 Å². The number of aromatic nitrogens is 3. The van der Waals surface area contributed by atoms with Crippen molar-refractivity contribution in [2.24, 2.45) is 0 Å². The predicted molar refractivity (Wildman–Crippen MR) is 255 cm³/mol. The lowest BCUT2D eigenvalue weighted by Gasteiger charge is -2.11. The number of nitrogens with zero attached hydrogens (tertiary/aromatic N) is 4. The molecule has 11 aromatic rings. The van der Waals surface area contributed by atoms with E-state index in [0.717, 1.165) is 77.6 Å². The Kier molecular flexibility index (Phi) is 9.50. The Balaban J connectivity index is 1.000. The van der Waals surface area contributed by atoms with Gasteiger partial charge in [-0.2, -0.15) is 5.26 Å². The number of benzene rings is 9. The average molecular weight is 805 g/mol. The first-order valence-electron chi connectivity index (χ1n) is 20.9. The number of fused-ring (bicyclic) bond motifs is 3. The van der Waals surface area contributed by atoms with E-state index >= 15 is 0 Å². The molecule has 0 aliphatic carbocycles. The van der Waals surface area contributed by atoms with Gasteiger partial charge in [-0.15, -0.1) is 0 Å². The zero-order valence-electron chi connectivity index (χ0n) is 34.0. The van der Waals surface area contributed by atoms with Crippen LogP contribution in [-0.2, 0) is 0 Å². The number of nitriles is 1. The molecule has 5 heteroatoms. The summed E-state index contributed by atoms with van der Waals surface area (Å²) in [7, 11) is 0. The molecule has 0 amide bonds. The second-order valence-electron chi connectivity index (χ2n) is 15.5. The molecule has 0 saturated carbocycles. The van der Waals surface area contributed by atoms with Gasteiger partial charge in [-0.05, 0) is 98.1 Å². The van der Waals surface area contributed by atoms with Crippen LogP contribution < -0.4 is 0 Å². The minimum Gasteiger partial charge on any atom is -0.456 e. The molecule has 0 spiro atoms. The highest BCUT2D eigenvalue weighted by Gasteiger charge is 2.18. The SMILES string of the molecule is N#Cc1ccc(-c2ccc(-c3nc(-c4cccc(-c5cccc(-c6ccccc6)c5)c4)nc(-c4ccc5c(c4)oc4cccc(-c6ccc(-c7ccccc7)cc6)c45)n3)cc2)cc1. The van der Waals surface area contributed by atoms with Gasteiger partial charge in [0.15, 0.2) is 17.5 Å². The lowest BCUT2D eigenvalue weighted by molar-refractivity contribution is 0.669. The van der Waals surface area contributed by atoms with Gasteiger partial charge in [-0.3, -0.25) is 0 Å². The van der Waals surface area contributed by atoms with E-state index in [1.165, 1.54) is 16.7 Å². The molecule has 0 N–H and O–H groups in total. The van der Waals surface area contributed by atoms with E-state index < -0.39 is 0 Å². The maximum absolute atomic E-state index is 9.30. The number of hydrogen-bond donors (Lipinski definition) is 0. The minimum atomic E-state index is 0.543. The highest BCUT2D eigenvalue weighted by molar-refractivity contribution is 6.13. The lowest BCUT2D eigenvalue weighted by atomic mass is 9.96. The van der Waals surface area contributed by atoms with Gasteiger partial charge >= 0.3 is 0 Å². The molecule has 63 heavy (non-hydrogen) atoms. The van der Waals surface area contributed by atoms with Crippen LogP contribution in [0, 0.1) is 11.3 Å². The van der Waals surface area contributed by atoms with Crippen LogP contribution >= 0.6 is 0 Å². The van der Waals surface area contributed by atoms with E-state index in [1.54, 1.807) is 0 Å². The summed E-state index contributed by atoms with van der Waals surface area (Å²) in [6.07, 6.45) is 0. The van der Waals surface area contributed by atoms with E-state index in [9.17, 15) is 5.26 Å². The largest absolute Gasteiger partial charge is 0.456 e. The van der Waals surface area contributed by atoms with Crippen LogP contribution in [-0.4, -0.2) is 15.0 Å². The summed E-state index contributed by atoms with van der Waals surface area (Å²) in [6.45, 7) is 0. The fourth-order valence-electron chi connectivity index (χ4n) is 8.34. The normalized spacial score (nSPS) is 11.2. The van der Waals surface area contributed by atoms with Gasteiger partial charge in [0.25, 0.3) is 0 Å². The monoisotopic (exact) mass is 804 g/mol. The first-order valence-corrected chi connectivity index (χ1v) is 20.9. The number of hydrogen-bond acceptors (Lipinski definition) is 5. The highest BCUT2D eigenvalue weighted by Crippen LogP contribution is 2.39. The maximum Gasteiger partial charge on any atom is 0.164 e. The molecule has 0 saturated heterocycles. The van der Waals surface area contributed by atoms with Crippen LogP contribution in [0.2, 0.25) is 0 Å². The Labute approximate surface area is 364 Å². The summed E-state index contributed by atoms with van der Waals surface area (Å²) in [4.78, 5) is 15.4. The molecule has 294 valence electrons. The quantitative estimate of drug-likeness (QED) is 0.153. The second-order valence-corrected chi connectivity index (χ2v) is 15.5. The topological polar surface area (TPSA) is 75.6 Å². The Morgan fingerprint density at radius 3 is 1.33 bits per heavy atom. The summed E-state index contributed by atoms with van der Waals surface area (Å²) in [5.74, 6) is 1.67. The van der Waals surface area contributed by atoms with Crippen molar-refractivity contribution < 1.29 is 4.42 Å². The van der Waals surface area contributed by atoms with Crippen molar-refractivity contribution in [1.29, 1.82) is 5.26 Å². The van der Waals surface area contributed by atoms with Crippen LogP contribution in [0.3, 0.4) is 0 Å². The smallest absolute Gasteiger partial charge is 0.164 e. The van der Waals surface area contributed by atoms with Crippen molar-refractivity contribution in [3.05, 3.63) is 224 Å². The minimum absolute atomic E-state index is 0.543. The number of rotatable bonds is 8. The third kappa shape index (κ3) is 7.33. The molecule has 0 fully saturated rings. The molecular weight excluding hydrogens is 769 g/mol. The molecule has 0 aliphatic rings. The Morgan fingerprint density at radius 1 is 0.317 bits per heavy atom. The van der Waals surface area contributed by atoms with Gasteiger partial charge in [-0.25, -0.2) is 15.0 Å². The molecule has 5 nitrogen and oxygen atoms in total. The van der Waals surface area contributed by atoms with Gasteiger partial charge < -0.3 is 4.42 Å². The third-order valence-corrected chi connectivity index (χ3v) is 11.6. The fourth-order valence-corrected chi connectivity index (χ4v) is 8.34. The number of furan rings is 1. The summed E-state index contributed by atoms with van der Waals surface area (Å²) < 4.78 is 6.59. The summed E-state index contributed by atoms with van der Waals surface area (Å²) in [5.41, 5.74) is 15.9. The van der Waals surface area contributed by atoms with Gasteiger partial charge in [0, 0.05) is 27.5 Å². The van der Waals surface area contributed by atoms with E-state index in [-0.39, 0.29) is 0 Å². The zero-order chi connectivity index (χ0) is 42.1. The van der Waals surface area contributed by atoms with Gasteiger partial charge in [0.2, 0.25) is 0 Å². The Morgan fingerprint density at radius 2 is 0.730 bits per heavy atom. The van der Waals surface area contributed by atoms with Crippen LogP contribution in [0.1, 0.15) is 5.56 Å². The first kappa shape index (κ1) is 37.3. The zero-order valence-corrected chi connectivity index (χ0v) is 34.0. The average Bonchev–Trinajstić information content (AvgIpc) is 3.75. The van der Waals surface area contributed by atoms with E-state index in [0.29, 0.717) is 23.0 Å². The first-order chi connectivity index (χ1) is 31.1. The maximum atomic E-state index is 9.30. The second kappa shape index (κ2) is 16.0. The van der Waals surface area contributed by atoms with Crippen molar-refractivity contribution >= 4 is 21.9 Å². The lowest BCUT2D eigenvalue weighted by Crippen LogP contribution is -2.00. The highest BCUT2D eigenvalue weighted by atomic mass is 16.3. The molecule has 2 heterocycles. The molecule has 0 bridgehead atoms. The summed E-state index contributed by atoms with van der Waals surface area (Å²) in [6, 6.07) is 77.1. The van der Waals surface area contributed by atoms with Crippen LogP contribution in [0.4, 0.5) is 0 Å². The van der Waals surface area contributed by atoms with Crippen molar-refractivity contribution in [2.45, 2.75) is 0 Å². The molecule has 11 rings (SSSR count). The van der Waals surface area contributed by atoms with Crippen molar-refractivity contribution in [2.75, 3.05) is 0 Å². The van der Waals surface area contributed by atoms with Crippen LogP contribution in [0.5, 0.6) is 0 Å². The van der Waals surface area contributed by atoms with E-state index in [4.69, 9.17) is 19.4 Å². The van der Waals surface area contributed by atoms with Crippen molar-refractivity contribution in [3.8, 4) is 95.9 Å². The molecule has 2 aromatic heterocycles. The van der Waals surface area contributed by atoms with Gasteiger partial charge in [0.1, 0.15) is 11.2 Å². The van der Waals surface area contributed by atoms with Crippen LogP contribution in [0.25, 0.3) is 112 Å². The van der Waals surface area contributed by atoms with Crippen molar-refractivity contribution in [1.82, 2.24) is 15.0 Å². The molecule has 0 radical (unpaired) electrons. The molecule has 9 aromatic carbocycles. The van der Waals surface area contributed by atoms with E-state index in [2.05, 4.69) is 164 Å². The van der Waals surface area contributed by atoms with E-state index in [1.807, 2.05) is 60.7 Å². The molecule has 0 unspecified atom stereocenters. The summed E-state index contributed by atoms with van der Waals surface area (Å²) in [5, 5.41) is 11.4. The fraction of sp³-hybridized carbons (Fsp3) is 0. The molecule has 0 aliphatic heterocycles. The molecular formula is C58H36N4O. The Hall–Kier alpha value is -8.72. The predicted octanol–water partition coefficient (Wildman–Crippen LogP) is 15.0. The standard InChI is InChI=1S/C58H36N4O/c59-37-38-20-22-41(23-21-38)43-26-30-45(31-27-43)56-60-57(49-17-8-16-48(35-49)47-15-7-14-46(34-47)40-12-5-2-6-13-40)62-58(61-56)50-32-33-52-54(36-50)63-53-19-9-18-51(55(52)53)44-28-24-42(25-29-44)39-10-3-1-4-11-39/h1-36H. The third-order valence-electron chi connectivity index (χ3n) is 11.6. The summed E-state index contributed by atoms with van der Waals surface area (Å²) >= 11 is 0. The van der Waals surface area contributed by atoms with Gasteiger partial charge in [0.05, 0.1) is 11.6 Å². The molecule has 0 atom stereocenters. The van der Waals surface area contributed by atoms with Crippen LogP contribution in [0.15, 0.2) is 223 Å². The Bertz CT molecular complexity index is 3480.